The Morgan fingerprint density at radius 2 is 2.30 bits per heavy atom. The number of hydrogen-bond donors (Lipinski definition) is 0. The number of aromatic nitrogens is 3. The summed E-state index contributed by atoms with van der Waals surface area (Å²) in [4.78, 5) is 11.7. The summed E-state index contributed by atoms with van der Waals surface area (Å²) in [7, 11) is 0. The number of ether oxygens (including phenoxy) is 1. The van der Waals surface area contributed by atoms with Gasteiger partial charge in [-0.15, -0.1) is 5.10 Å². The smallest absolute Gasteiger partial charge is 0.360 e. The van der Waals surface area contributed by atoms with Crippen LogP contribution in [-0.2, 0) is 11.3 Å². The fourth-order valence-electron chi connectivity index (χ4n) is 1.81. The molecule has 0 N–H and O–H groups in total. The molecule has 0 aliphatic carbocycles. The van der Waals surface area contributed by atoms with Crippen LogP contribution in [-0.4, -0.2) is 27.6 Å². The molecule has 0 saturated carbocycles. The van der Waals surface area contributed by atoms with Crippen LogP contribution in [0.3, 0.4) is 0 Å². The molecule has 0 bridgehead atoms. The Balaban J connectivity index is 2.22. The normalized spacial score (nSPS) is 10.1. The molecule has 1 heterocycles. The molecule has 20 heavy (non-hydrogen) atoms. The average Bonchev–Trinajstić information content (AvgIpc) is 2.81. The van der Waals surface area contributed by atoms with E-state index < -0.39 is 5.97 Å². The standard InChI is InChI=1S/C14H14N4O2/c1-3-20-14(19)13-10(2)18(17-16-13)9-12-6-4-5-11(7-12)8-15/h4-7H,3,9H2,1-2H3. The van der Waals surface area contributed by atoms with Gasteiger partial charge >= 0.3 is 5.97 Å². The summed E-state index contributed by atoms with van der Waals surface area (Å²) in [6.07, 6.45) is 0. The molecule has 1 aromatic carbocycles. The highest BCUT2D eigenvalue weighted by Gasteiger charge is 2.17. The summed E-state index contributed by atoms with van der Waals surface area (Å²) in [6, 6.07) is 9.32. The van der Waals surface area contributed by atoms with Crippen molar-refractivity contribution in [2.75, 3.05) is 6.61 Å². The van der Waals surface area contributed by atoms with Gasteiger partial charge < -0.3 is 4.74 Å². The van der Waals surface area contributed by atoms with Crippen molar-refractivity contribution >= 4 is 5.97 Å². The molecule has 0 atom stereocenters. The number of carbonyl (C=O) groups excluding carboxylic acids is 1. The van der Waals surface area contributed by atoms with Crippen LogP contribution in [0.2, 0.25) is 0 Å². The van der Waals surface area contributed by atoms with Gasteiger partial charge in [-0.2, -0.15) is 5.26 Å². The van der Waals surface area contributed by atoms with Crippen molar-refractivity contribution in [1.29, 1.82) is 5.26 Å². The Labute approximate surface area is 116 Å². The number of hydrogen-bond acceptors (Lipinski definition) is 5. The predicted molar refractivity (Wildman–Crippen MR) is 71.0 cm³/mol. The topological polar surface area (TPSA) is 80.8 Å². The van der Waals surface area contributed by atoms with Crippen LogP contribution < -0.4 is 0 Å². The summed E-state index contributed by atoms with van der Waals surface area (Å²) in [6.45, 7) is 4.26. The summed E-state index contributed by atoms with van der Waals surface area (Å²) in [5.41, 5.74) is 2.38. The number of carbonyl (C=O) groups is 1. The van der Waals surface area contributed by atoms with Crippen LogP contribution in [0.5, 0.6) is 0 Å². The molecule has 6 heteroatoms. The third-order valence-corrected chi connectivity index (χ3v) is 2.84. The molecule has 0 fully saturated rings. The SMILES string of the molecule is CCOC(=O)c1nnn(Cc2cccc(C#N)c2)c1C. The zero-order valence-corrected chi connectivity index (χ0v) is 11.3. The van der Waals surface area contributed by atoms with E-state index in [2.05, 4.69) is 16.4 Å². The van der Waals surface area contributed by atoms with Crippen molar-refractivity contribution in [3.05, 3.63) is 46.8 Å². The Morgan fingerprint density at radius 3 is 3.00 bits per heavy atom. The van der Waals surface area contributed by atoms with E-state index >= 15 is 0 Å². The monoisotopic (exact) mass is 270 g/mol. The molecule has 0 radical (unpaired) electrons. The number of esters is 1. The van der Waals surface area contributed by atoms with Crippen LogP contribution in [0.15, 0.2) is 24.3 Å². The Morgan fingerprint density at radius 1 is 1.50 bits per heavy atom. The first-order valence-corrected chi connectivity index (χ1v) is 6.22. The van der Waals surface area contributed by atoms with Crippen molar-refractivity contribution in [3.8, 4) is 6.07 Å². The highest BCUT2D eigenvalue weighted by molar-refractivity contribution is 5.88. The lowest BCUT2D eigenvalue weighted by Crippen LogP contribution is -2.09. The van der Waals surface area contributed by atoms with Crippen molar-refractivity contribution in [3.63, 3.8) is 0 Å². The van der Waals surface area contributed by atoms with E-state index in [0.717, 1.165) is 5.56 Å². The highest BCUT2D eigenvalue weighted by Crippen LogP contribution is 2.10. The zero-order chi connectivity index (χ0) is 14.5. The first kappa shape index (κ1) is 13.7. The van der Waals surface area contributed by atoms with E-state index in [1.165, 1.54) is 0 Å². The van der Waals surface area contributed by atoms with E-state index in [9.17, 15) is 4.79 Å². The minimum Gasteiger partial charge on any atom is -0.461 e. The van der Waals surface area contributed by atoms with Gasteiger partial charge in [0, 0.05) is 0 Å². The van der Waals surface area contributed by atoms with E-state index in [1.807, 2.05) is 12.1 Å². The molecule has 0 spiro atoms. The molecule has 6 nitrogen and oxygen atoms in total. The number of benzene rings is 1. The summed E-state index contributed by atoms with van der Waals surface area (Å²) >= 11 is 0. The fraction of sp³-hybridized carbons (Fsp3) is 0.286. The second-order valence-corrected chi connectivity index (χ2v) is 4.21. The van der Waals surface area contributed by atoms with Crippen LogP contribution >= 0.6 is 0 Å². The van der Waals surface area contributed by atoms with E-state index in [0.29, 0.717) is 24.4 Å². The third kappa shape index (κ3) is 2.83. The Hall–Kier alpha value is -2.68. The molecule has 2 rings (SSSR count). The molecule has 0 amide bonds. The second kappa shape index (κ2) is 5.97. The zero-order valence-electron chi connectivity index (χ0n) is 11.3. The quantitative estimate of drug-likeness (QED) is 0.789. The first-order valence-electron chi connectivity index (χ1n) is 6.22. The van der Waals surface area contributed by atoms with Crippen molar-refractivity contribution in [2.45, 2.75) is 20.4 Å². The Kier molecular flexibility index (Phi) is 4.11. The largest absolute Gasteiger partial charge is 0.461 e. The van der Waals surface area contributed by atoms with Crippen LogP contribution in [0.1, 0.15) is 34.2 Å². The van der Waals surface area contributed by atoms with Gasteiger partial charge in [0.2, 0.25) is 0 Å². The maximum atomic E-state index is 11.7. The van der Waals surface area contributed by atoms with Gasteiger partial charge in [-0.3, -0.25) is 0 Å². The van der Waals surface area contributed by atoms with Gasteiger partial charge in [0.1, 0.15) is 0 Å². The van der Waals surface area contributed by atoms with Crippen LogP contribution in [0.25, 0.3) is 0 Å². The van der Waals surface area contributed by atoms with Crippen LogP contribution in [0.4, 0.5) is 0 Å². The number of rotatable bonds is 4. The number of nitrogens with zero attached hydrogens (tertiary/aromatic N) is 4. The van der Waals surface area contributed by atoms with Crippen molar-refractivity contribution in [1.82, 2.24) is 15.0 Å². The lowest BCUT2D eigenvalue weighted by molar-refractivity contribution is 0.0518. The van der Waals surface area contributed by atoms with Gasteiger partial charge in [0.25, 0.3) is 0 Å². The van der Waals surface area contributed by atoms with Gasteiger partial charge in [0.05, 0.1) is 30.5 Å². The summed E-state index contributed by atoms with van der Waals surface area (Å²) in [5, 5.41) is 16.7. The lowest BCUT2D eigenvalue weighted by Gasteiger charge is -2.04. The number of nitriles is 1. The molecule has 0 aliphatic heterocycles. The van der Waals surface area contributed by atoms with Crippen molar-refractivity contribution < 1.29 is 9.53 Å². The molecular formula is C14H14N4O2. The molecule has 0 saturated heterocycles. The molecule has 1 aromatic heterocycles. The minimum absolute atomic E-state index is 0.225. The van der Waals surface area contributed by atoms with Gasteiger partial charge in [-0.1, -0.05) is 17.3 Å². The summed E-state index contributed by atoms with van der Waals surface area (Å²) < 4.78 is 6.52. The molecular weight excluding hydrogens is 256 g/mol. The molecule has 0 unspecified atom stereocenters. The minimum atomic E-state index is -0.470. The lowest BCUT2D eigenvalue weighted by atomic mass is 10.1. The molecule has 2 aromatic rings. The van der Waals surface area contributed by atoms with E-state index in [4.69, 9.17) is 10.00 Å². The summed E-state index contributed by atoms with van der Waals surface area (Å²) in [5.74, 6) is -0.470. The fourth-order valence-corrected chi connectivity index (χ4v) is 1.81. The second-order valence-electron chi connectivity index (χ2n) is 4.21. The highest BCUT2D eigenvalue weighted by atomic mass is 16.5. The van der Waals surface area contributed by atoms with E-state index in [-0.39, 0.29) is 5.69 Å². The van der Waals surface area contributed by atoms with Gasteiger partial charge in [-0.05, 0) is 31.5 Å². The average molecular weight is 270 g/mol. The molecule has 0 aliphatic rings. The van der Waals surface area contributed by atoms with E-state index in [1.54, 1.807) is 30.7 Å². The predicted octanol–water partition coefficient (Wildman–Crippen LogP) is 1.68. The molecule has 102 valence electrons. The maximum Gasteiger partial charge on any atom is 0.360 e. The van der Waals surface area contributed by atoms with Gasteiger partial charge in [0.15, 0.2) is 5.69 Å². The van der Waals surface area contributed by atoms with Crippen LogP contribution in [0, 0.1) is 18.3 Å². The van der Waals surface area contributed by atoms with Gasteiger partial charge in [-0.25, -0.2) is 9.48 Å². The third-order valence-electron chi connectivity index (χ3n) is 2.84. The maximum absolute atomic E-state index is 11.7. The Bertz CT molecular complexity index is 670. The first-order chi connectivity index (χ1) is 9.65. The van der Waals surface area contributed by atoms with Crippen molar-refractivity contribution in [2.24, 2.45) is 0 Å².